The number of hydrogen-bond donors (Lipinski definition) is 1. The van der Waals surface area contributed by atoms with Gasteiger partial charge in [-0.05, 0) is 42.9 Å². The molecule has 1 aliphatic carbocycles. The van der Waals surface area contributed by atoms with Crippen LogP contribution in [0, 0.1) is 19.8 Å². The molecule has 102 valence electrons. The Bertz CT molecular complexity index is 613. The molecule has 3 rings (SSSR count). The van der Waals surface area contributed by atoms with Gasteiger partial charge in [0, 0.05) is 11.6 Å². The van der Waals surface area contributed by atoms with Crippen molar-refractivity contribution in [2.75, 3.05) is 5.32 Å². The van der Waals surface area contributed by atoms with Gasteiger partial charge in [0.15, 0.2) is 0 Å². The van der Waals surface area contributed by atoms with Gasteiger partial charge in [0.05, 0.1) is 0 Å². The highest BCUT2D eigenvalue weighted by atomic mass is 16.2. The lowest BCUT2D eigenvalue weighted by molar-refractivity contribution is -0.117. The lowest BCUT2D eigenvalue weighted by Crippen LogP contribution is -2.16. The van der Waals surface area contributed by atoms with Crippen LogP contribution in [0.5, 0.6) is 0 Å². The standard InChI is InChI=1S/C18H19NO/c1-12-7-6-8-13(2)17(12)19-18(20)16-11-15(16)14-9-4-3-5-10-14/h3-10,15-16H,11H2,1-2H3,(H,19,20). The van der Waals surface area contributed by atoms with Crippen molar-refractivity contribution in [1.29, 1.82) is 0 Å². The van der Waals surface area contributed by atoms with E-state index in [0.29, 0.717) is 5.92 Å². The Kier molecular flexibility index (Phi) is 3.31. The Morgan fingerprint density at radius 2 is 1.65 bits per heavy atom. The summed E-state index contributed by atoms with van der Waals surface area (Å²) in [5.74, 6) is 0.660. The minimum atomic E-state index is 0.122. The third-order valence-electron chi connectivity index (χ3n) is 4.08. The first-order valence-electron chi connectivity index (χ1n) is 7.09. The number of amides is 1. The molecule has 2 aromatic rings. The smallest absolute Gasteiger partial charge is 0.228 e. The molecule has 2 aromatic carbocycles. The van der Waals surface area contributed by atoms with Crippen molar-refractivity contribution in [1.82, 2.24) is 0 Å². The van der Waals surface area contributed by atoms with Gasteiger partial charge in [-0.25, -0.2) is 0 Å². The highest BCUT2D eigenvalue weighted by molar-refractivity contribution is 5.96. The maximum atomic E-state index is 12.4. The fourth-order valence-electron chi connectivity index (χ4n) is 2.78. The molecule has 0 aliphatic heterocycles. The fourth-order valence-corrected chi connectivity index (χ4v) is 2.78. The van der Waals surface area contributed by atoms with Gasteiger partial charge >= 0.3 is 0 Å². The summed E-state index contributed by atoms with van der Waals surface area (Å²) in [5, 5.41) is 3.10. The van der Waals surface area contributed by atoms with Crippen LogP contribution in [-0.4, -0.2) is 5.91 Å². The summed E-state index contributed by atoms with van der Waals surface area (Å²) in [4.78, 5) is 12.4. The predicted molar refractivity (Wildman–Crippen MR) is 81.8 cm³/mol. The highest BCUT2D eigenvalue weighted by Gasteiger charge is 2.43. The number of carbonyl (C=O) groups is 1. The van der Waals surface area contributed by atoms with E-state index >= 15 is 0 Å². The molecule has 0 radical (unpaired) electrons. The van der Waals surface area contributed by atoms with Crippen molar-refractivity contribution < 1.29 is 4.79 Å². The van der Waals surface area contributed by atoms with Crippen molar-refractivity contribution in [2.45, 2.75) is 26.2 Å². The number of nitrogens with one attached hydrogen (secondary N) is 1. The summed E-state index contributed by atoms with van der Waals surface area (Å²) in [6, 6.07) is 16.4. The Hall–Kier alpha value is -2.09. The second-order valence-electron chi connectivity index (χ2n) is 5.62. The summed E-state index contributed by atoms with van der Waals surface area (Å²) in [7, 11) is 0. The molecule has 0 aromatic heterocycles. The third-order valence-corrected chi connectivity index (χ3v) is 4.08. The first-order chi connectivity index (χ1) is 9.66. The molecule has 0 bridgehead atoms. The molecule has 2 heteroatoms. The second kappa shape index (κ2) is 5.12. The molecule has 0 spiro atoms. The minimum Gasteiger partial charge on any atom is -0.325 e. The Balaban J connectivity index is 1.70. The van der Waals surface area contributed by atoms with Crippen LogP contribution in [0.3, 0.4) is 0 Å². The van der Waals surface area contributed by atoms with E-state index in [1.54, 1.807) is 0 Å². The van der Waals surface area contributed by atoms with E-state index in [1.165, 1.54) is 5.56 Å². The Morgan fingerprint density at radius 1 is 1.00 bits per heavy atom. The number of hydrogen-bond acceptors (Lipinski definition) is 1. The number of carbonyl (C=O) groups excluding carboxylic acids is 1. The van der Waals surface area contributed by atoms with Gasteiger partial charge in [0.25, 0.3) is 0 Å². The maximum absolute atomic E-state index is 12.4. The van der Waals surface area contributed by atoms with Gasteiger partial charge in [-0.2, -0.15) is 0 Å². The van der Waals surface area contributed by atoms with Gasteiger partial charge in [0.2, 0.25) is 5.91 Å². The van der Waals surface area contributed by atoms with Crippen molar-refractivity contribution in [3.8, 4) is 0 Å². The molecular weight excluding hydrogens is 246 g/mol. The largest absolute Gasteiger partial charge is 0.325 e. The summed E-state index contributed by atoms with van der Waals surface area (Å²) >= 11 is 0. The molecule has 1 fully saturated rings. The van der Waals surface area contributed by atoms with E-state index in [9.17, 15) is 4.79 Å². The molecule has 0 heterocycles. The Morgan fingerprint density at radius 3 is 2.30 bits per heavy atom. The average molecular weight is 265 g/mol. The topological polar surface area (TPSA) is 29.1 Å². The lowest BCUT2D eigenvalue weighted by Gasteiger charge is -2.11. The molecule has 20 heavy (non-hydrogen) atoms. The van der Waals surface area contributed by atoms with Crippen LogP contribution in [0.15, 0.2) is 48.5 Å². The van der Waals surface area contributed by atoms with Crippen LogP contribution in [-0.2, 0) is 4.79 Å². The van der Waals surface area contributed by atoms with Crippen LogP contribution in [0.4, 0.5) is 5.69 Å². The molecule has 1 aliphatic rings. The monoisotopic (exact) mass is 265 g/mol. The summed E-state index contributed by atoms with van der Waals surface area (Å²) in [6.45, 7) is 4.06. The number of rotatable bonds is 3. The summed E-state index contributed by atoms with van der Waals surface area (Å²) in [6.07, 6.45) is 0.959. The average Bonchev–Trinajstić information content (AvgIpc) is 3.24. The van der Waals surface area contributed by atoms with Crippen molar-refractivity contribution in [2.24, 2.45) is 5.92 Å². The van der Waals surface area contributed by atoms with Crippen LogP contribution < -0.4 is 5.32 Å². The van der Waals surface area contributed by atoms with E-state index in [4.69, 9.17) is 0 Å². The molecule has 2 unspecified atom stereocenters. The van der Waals surface area contributed by atoms with Gasteiger partial charge in [-0.15, -0.1) is 0 Å². The molecule has 1 N–H and O–H groups in total. The number of anilines is 1. The van der Waals surface area contributed by atoms with E-state index in [0.717, 1.165) is 23.2 Å². The Labute approximate surface area is 119 Å². The van der Waals surface area contributed by atoms with Crippen molar-refractivity contribution in [3.05, 3.63) is 65.2 Å². The molecule has 1 amide bonds. The van der Waals surface area contributed by atoms with Crippen LogP contribution in [0.25, 0.3) is 0 Å². The quantitative estimate of drug-likeness (QED) is 0.891. The van der Waals surface area contributed by atoms with Gasteiger partial charge in [0.1, 0.15) is 0 Å². The third kappa shape index (κ3) is 2.46. The first kappa shape index (κ1) is 12.9. The maximum Gasteiger partial charge on any atom is 0.228 e. The summed E-state index contributed by atoms with van der Waals surface area (Å²) < 4.78 is 0. The van der Waals surface area contributed by atoms with Crippen molar-refractivity contribution >= 4 is 11.6 Å². The van der Waals surface area contributed by atoms with Crippen LogP contribution in [0.1, 0.15) is 29.0 Å². The zero-order valence-electron chi connectivity index (χ0n) is 11.9. The second-order valence-corrected chi connectivity index (χ2v) is 5.62. The van der Waals surface area contributed by atoms with Crippen LogP contribution in [0.2, 0.25) is 0 Å². The number of para-hydroxylation sites is 1. The van der Waals surface area contributed by atoms with Crippen molar-refractivity contribution in [3.63, 3.8) is 0 Å². The highest BCUT2D eigenvalue weighted by Crippen LogP contribution is 2.48. The van der Waals surface area contributed by atoms with E-state index in [-0.39, 0.29) is 11.8 Å². The van der Waals surface area contributed by atoms with E-state index < -0.39 is 0 Å². The van der Waals surface area contributed by atoms with Gasteiger partial charge in [-0.1, -0.05) is 48.5 Å². The zero-order chi connectivity index (χ0) is 14.1. The lowest BCUT2D eigenvalue weighted by atomic mass is 10.1. The first-order valence-corrected chi connectivity index (χ1v) is 7.09. The fraction of sp³-hybridized carbons (Fsp3) is 0.278. The molecule has 1 saturated carbocycles. The SMILES string of the molecule is Cc1cccc(C)c1NC(=O)C1CC1c1ccccc1. The predicted octanol–water partition coefficient (Wildman–Crippen LogP) is 4.05. The summed E-state index contributed by atoms with van der Waals surface area (Å²) in [5.41, 5.74) is 4.48. The van der Waals surface area contributed by atoms with E-state index in [1.807, 2.05) is 50.2 Å². The molecular formula is C18H19NO. The van der Waals surface area contributed by atoms with E-state index in [2.05, 4.69) is 17.4 Å². The number of benzene rings is 2. The zero-order valence-corrected chi connectivity index (χ0v) is 11.9. The van der Waals surface area contributed by atoms with Gasteiger partial charge in [-0.3, -0.25) is 4.79 Å². The molecule has 2 nitrogen and oxygen atoms in total. The molecule has 2 atom stereocenters. The molecule has 0 saturated heterocycles. The van der Waals surface area contributed by atoms with Crippen LogP contribution >= 0.6 is 0 Å². The van der Waals surface area contributed by atoms with Gasteiger partial charge < -0.3 is 5.32 Å². The normalized spacial score (nSPS) is 20.5. The number of aryl methyl sites for hydroxylation is 2. The minimum absolute atomic E-state index is 0.122.